The zero-order valence-electron chi connectivity index (χ0n) is 19.2. The van der Waals surface area contributed by atoms with E-state index in [-0.39, 0.29) is 23.8 Å². The van der Waals surface area contributed by atoms with E-state index in [0.29, 0.717) is 30.3 Å². The van der Waals surface area contributed by atoms with Crippen LogP contribution in [0.4, 0.5) is 0 Å². The van der Waals surface area contributed by atoms with Crippen LogP contribution in [0, 0.1) is 0 Å². The summed E-state index contributed by atoms with van der Waals surface area (Å²) in [4.78, 5) is 29.8. The number of ether oxygens (including phenoxy) is 2. The van der Waals surface area contributed by atoms with Gasteiger partial charge in [0.2, 0.25) is 0 Å². The molecule has 1 heterocycles. The molecule has 1 aromatic heterocycles. The van der Waals surface area contributed by atoms with Gasteiger partial charge in [0.05, 0.1) is 7.11 Å². The molecule has 0 saturated heterocycles. The number of methoxy groups -OCH3 is 1. The molecule has 0 aliphatic rings. The average molecular weight is 493 g/mol. The topological polar surface area (TPSA) is 91.9 Å². The van der Waals surface area contributed by atoms with E-state index in [4.69, 9.17) is 21.1 Å². The van der Waals surface area contributed by atoms with Gasteiger partial charge in [-0.2, -0.15) is 0 Å². The number of para-hydroxylation sites is 1. The van der Waals surface area contributed by atoms with Crippen LogP contribution in [0.1, 0.15) is 21.5 Å². The number of benzene rings is 3. The van der Waals surface area contributed by atoms with E-state index in [0.717, 1.165) is 22.0 Å². The fraction of sp³-hybridized carbons (Fsp3) is 0.185. The molecule has 35 heavy (non-hydrogen) atoms. The van der Waals surface area contributed by atoms with Crippen molar-refractivity contribution in [2.45, 2.75) is 13.0 Å². The number of nitrogens with zero attached hydrogens (tertiary/aromatic N) is 1. The van der Waals surface area contributed by atoms with Gasteiger partial charge in [-0.15, -0.1) is 0 Å². The number of carboxylic acids is 1. The minimum atomic E-state index is -1.15. The molecule has 180 valence electrons. The summed E-state index contributed by atoms with van der Waals surface area (Å²) in [6, 6.07) is 19.7. The number of carboxylic acid groups (broad SMARTS) is 1. The molecule has 0 unspecified atom stereocenters. The number of fused-ring (bicyclic) bond motifs is 1. The Labute approximate surface area is 207 Å². The van der Waals surface area contributed by atoms with Crippen molar-refractivity contribution in [2.75, 3.05) is 20.3 Å². The highest BCUT2D eigenvalue weighted by Crippen LogP contribution is 2.25. The molecule has 0 atom stereocenters. The Morgan fingerprint density at radius 1 is 1.03 bits per heavy atom. The van der Waals surface area contributed by atoms with Crippen molar-refractivity contribution >= 4 is 34.4 Å². The highest BCUT2D eigenvalue weighted by atomic mass is 35.5. The summed E-state index contributed by atoms with van der Waals surface area (Å²) in [5.41, 5.74) is 2.90. The molecule has 4 aromatic rings. The zero-order valence-corrected chi connectivity index (χ0v) is 19.9. The smallest absolute Gasteiger partial charge is 0.339 e. The molecular formula is C27H25ClN2O5. The number of hydrogen-bond donors (Lipinski definition) is 2. The van der Waals surface area contributed by atoms with E-state index in [1.54, 1.807) is 11.0 Å². The Hall–Kier alpha value is -3.97. The third-order valence-electron chi connectivity index (χ3n) is 5.77. The van der Waals surface area contributed by atoms with E-state index >= 15 is 0 Å². The van der Waals surface area contributed by atoms with Gasteiger partial charge < -0.3 is 24.5 Å². The second-order valence-corrected chi connectivity index (χ2v) is 8.38. The molecule has 0 aliphatic heterocycles. The maximum absolute atomic E-state index is 13.3. The largest absolute Gasteiger partial charge is 0.497 e. The zero-order chi connectivity index (χ0) is 24.8. The van der Waals surface area contributed by atoms with Gasteiger partial charge in [-0.3, -0.25) is 4.79 Å². The quantitative estimate of drug-likeness (QED) is 0.318. The first-order chi connectivity index (χ1) is 17.0. The maximum Gasteiger partial charge on any atom is 0.339 e. The Kier molecular flexibility index (Phi) is 7.57. The number of halogens is 1. The molecule has 8 heteroatoms. The Bertz CT molecular complexity index is 1350. The summed E-state index contributed by atoms with van der Waals surface area (Å²) in [6.07, 6.45) is 2.58. The molecule has 2 N–H and O–H groups in total. The van der Waals surface area contributed by atoms with Crippen LogP contribution in [0.25, 0.3) is 10.9 Å². The lowest BCUT2D eigenvalue weighted by Gasteiger charge is -2.24. The average Bonchev–Trinajstić information content (AvgIpc) is 3.29. The van der Waals surface area contributed by atoms with Crippen molar-refractivity contribution in [2.24, 2.45) is 0 Å². The number of carbonyl (C=O) groups is 2. The Morgan fingerprint density at radius 3 is 2.57 bits per heavy atom. The van der Waals surface area contributed by atoms with Crippen molar-refractivity contribution in [3.05, 3.63) is 94.6 Å². The molecule has 1 amide bonds. The molecule has 0 saturated carbocycles. The number of carbonyl (C=O) groups excluding carboxylic acids is 1. The van der Waals surface area contributed by atoms with Crippen LogP contribution in [-0.2, 0) is 17.8 Å². The molecule has 0 spiro atoms. The first-order valence-corrected chi connectivity index (χ1v) is 11.4. The standard InChI is InChI=1S/C27H25ClN2O5/c1-34-20-10-11-22(27(32)33)25(14-20)35-17-26(31)30(16-19-6-2-4-8-23(19)28)13-12-18-15-29-24-9-5-3-7-21(18)24/h2-11,14-15,29H,12-13,16-17H2,1H3,(H,32,33). The molecule has 0 bridgehead atoms. The van der Waals surface area contributed by atoms with Crippen molar-refractivity contribution < 1.29 is 24.2 Å². The van der Waals surface area contributed by atoms with Gasteiger partial charge in [-0.05, 0) is 41.8 Å². The van der Waals surface area contributed by atoms with Crippen LogP contribution < -0.4 is 9.47 Å². The maximum atomic E-state index is 13.3. The summed E-state index contributed by atoms with van der Waals surface area (Å²) in [5.74, 6) is -0.935. The number of amides is 1. The van der Waals surface area contributed by atoms with Crippen LogP contribution >= 0.6 is 11.6 Å². The van der Waals surface area contributed by atoms with Gasteiger partial charge in [0, 0.05) is 41.3 Å². The molecule has 3 aromatic carbocycles. The minimum Gasteiger partial charge on any atom is -0.497 e. The number of rotatable bonds is 10. The Balaban J connectivity index is 1.53. The molecule has 7 nitrogen and oxygen atoms in total. The number of H-pyrrole nitrogens is 1. The van der Waals surface area contributed by atoms with Crippen molar-refractivity contribution in [1.29, 1.82) is 0 Å². The van der Waals surface area contributed by atoms with Gasteiger partial charge in [0.15, 0.2) is 6.61 Å². The van der Waals surface area contributed by atoms with E-state index in [9.17, 15) is 14.7 Å². The minimum absolute atomic E-state index is 0.0463. The number of nitrogens with one attached hydrogen (secondary N) is 1. The lowest BCUT2D eigenvalue weighted by molar-refractivity contribution is -0.134. The van der Waals surface area contributed by atoms with Gasteiger partial charge in [0.1, 0.15) is 17.1 Å². The summed E-state index contributed by atoms with van der Waals surface area (Å²) in [5, 5.41) is 11.1. The van der Waals surface area contributed by atoms with Gasteiger partial charge >= 0.3 is 5.97 Å². The van der Waals surface area contributed by atoms with E-state index in [1.807, 2.05) is 48.7 Å². The summed E-state index contributed by atoms with van der Waals surface area (Å²) < 4.78 is 10.8. The number of aromatic nitrogens is 1. The van der Waals surface area contributed by atoms with Crippen LogP contribution in [0.15, 0.2) is 72.9 Å². The number of aromatic amines is 1. The highest BCUT2D eigenvalue weighted by Gasteiger charge is 2.19. The first-order valence-electron chi connectivity index (χ1n) is 11.1. The number of aromatic carboxylic acids is 1. The molecular weight excluding hydrogens is 468 g/mol. The highest BCUT2D eigenvalue weighted by molar-refractivity contribution is 6.31. The normalized spacial score (nSPS) is 10.8. The summed E-state index contributed by atoms with van der Waals surface area (Å²) >= 11 is 6.36. The third-order valence-corrected chi connectivity index (χ3v) is 6.14. The predicted molar refractivity (Wildman–Crippen MR) is 134 cm³/mol. The van der Waals surface area contributed by atoms with E-state index in [1.165, 1.54) is 25.3 Å². The number of hydrogen-bond acceptors (Lipinski definition) is 4. The van der Waals surface area contributed by atoms with Crippen LogP contribution in [-0.4, -0.2) is 47.1 Å². The lowest BCUT2D eigenvalue weighted by Crippen LogP contribution is -2.36. The fourth-order valence-electron chi connectivity index (χ4n) is 3.87. The predicted octanol–water partition coefficient (Wildman–Crippen LogP) is 5.18. The van der Waals surface area contributed by atoms with E-state index < -0.39 is 5.97 Å². The Morgan fingerprint density at radius 2 is 1.80 bits per heavy atom. The fourth-order valence-corrected chi connectivity index (χ4v) is 4.07. The van der Waals surface area contributed by atoms with Gasteiger partial charge in [-0.1, -0.05) is 48.0 Å². The molecule has 4 rings (SSSR count). The van der Waals surface area contributed by atoms with Crippen molar-refractivity contribution in [1.82, 2.24) is 9.88 Å². The van der Waals surface area contributed by atoms with E-state index in [2.05, 4.69) is 4.98 Å². The summed E-state index contributed by atoms with van der Waals surface area (Å²) in [6.45, 7) is 0.402. The lowest BCUT2D eigenvalue weighted by atomic mass is 10.1. The second kappa shape index (κ2) is 11.0. The van der Waals surface area contributed by atoms with Gasteiger partial charge in [0.25, 0.3) is 5.91 Å². The van der Waals surface area contributed by atoms with Crippen LogP contribution in [0.2, 0.25) is 5.02 Å². The third kappa shape index (κ3) is 5.75. The van der Waals surface area contributed by atoms with Gasteiger partial charge in [-0.25, -0.2) is 4.79 Å². The summed E-state index contributed by atoms with van der Waals surface area (Å²) in [7, 11) is 1.47. The van der Waals surface area contributed by atoms with Crippen molar-refractivity contribution in [3.63, 3.8) is 0 Å². The van der Waals surface area contributed by atoms with Crippen LogP contribution in [0.3, 0.4) is 0 Å². The monoisotopic (exact) mass is 492 g/mol. The molecule has 0 aliphatic carbocycles. The van der Waals surface area contributed by atoms with Crippen LogP contribution in [0.5, 0.6) is 11.5 Å². The van der Waals surface area contributed by atoms with Crippen molar-refractivity contribution in [3.8, 4) is 11.5 Å². The second-order valence-electron chi connectivity index (χ2n) is 7.97. The molecule has 0 fully saturated rings. The SMILES string of the molecule is COc1ccc(C(=O)O)c(OCC(=O)N(CCc2c[nH]c3ccccc23)Cc2ccccc2Cl)c1. The first kappa shape index (κ1) is 24.2. The molecule has 0 radical (unpaired) electrons.